The van der Waals surface area contributed by atoms with Crippen molar-refractivity contribution >= 4 is 0 Å². The predicted molar refractivity (Wildman–Crippen MR) is 43.3 cm³/mol. The van der Waals surface area contributed by atoms with Crippen molar-refractivity contribution in [1.82, 2.24) is 0 Å². The van der Waals surface area contributed by atoms with Gasteiger partial charge in [-0.05, 0) is 12.5 Å². The van der Waals surface area contributed by atoms with Crippen molar-refractivity contribution in [1.29, 1.82) is 0 Å². The Kier molecular flexibility index (Phi) is 2.60. The molecule has 0 spiro atoms. The maximum Gasteiger partial charge on any atom is 0.127 e. The van der Waals surface area contributed by atoms with Gasteiger partial charge in [-0.2, -0.15) is 0 Å². The summed E-state index contributed by atoms with van der Waals surface area (Å²) in [5, 5.41) is 0. The van der Waals surface area contributed by atoms with Gasteiger partial charge in [0.2, 0.25) is 0 Å². The van der Waals surface area contributed by atoms with Crippen LogP contribution in [0.5, 0.6) is 0 Å². The molecule has 0 saturated carbocycles. The highest BCUT2D eigenvalue weighted by Crippen LogP contribution is 2.15. The first-order chi connectivity index (χ1) is 5.25. The van der Waals surface area contributed by atoms with Crippen LogP contribution < -0.4 is 5.73 Å². The van der Waals surface area contributed by atoms with Crippen molar-refractivity contribution < 1.29 is 4.39 Å². The maximum atomic E-state index is 12.9. The third kappa shape index (κ3) is 1.77. The molecule has 0 aliphatic rings. The minimum absolute atomic E-state index is 0.238. The van der Waals surface area contributed by atoms with Crippen molar-refractivity contribution in [3.63, 3.8) is 0 Å². The number of hydrogen-bond donors (Lipinski definition) is 1. The zero-order valence-electron chi connectivity index (χ0n) is 6.42. The van der Waals surface area contributed by atoms with Crippen LogP contribution in [0.15, 0.2) is 24.3 Å². The fourth-order valence-corrected chi connectivity index (χ4v) is 0.925. The molecule has 0 heterocycles. The molecule has 1 aromatic carbocycles. The molecular formula is C9H11FN. The number of nitrogens with two attached hydrogens (primary N) is 1. The molecule has 0 bridgehead atoms. The van der Waals surface area contributed by atoms with Gasteiger partial charge in [0.25, 0.3) is 0 Å². The lowest BCUT2D eigenvalue weighted by molar-refractivity contribution is 0.597. The Hall–Kier alpha value is -0.890. The summed E-state index contributed by atoms with van der Waals surface area (Å²) in [5.41, 5.74) is 6.15. The van der Waals surface area contributed by atoms with Crippen LogP contribution >= 0.6 is 0 Å². The van der Waals surface area contributed by atoms with Crippen molar-refractivity contribution in [2.75, 3.05) is 0 Å². The van der Waals surface area contributed by atoms with E-state index in [1.54, 1.807) is 24.6 Å². The summed E-state index contributed by atoms with van der Waals surface area (Å²) in [6.45, 7) is 1.82. The first-order valence-electron chi connectivity index (χ1n) is 3.55. The molecular weight excluding hydrogens is 141 g/mol. The summed E-state index contributed by atoms with van der Waals surface area (Å²) in [4.78, 5) is 0. The zero-order chi connectivity index (χ0) is 8.27. The molecule has 1 rings (SSSR count). The molecule has 11 heavy (non-hydrogen) atoms. The molecule has 2 heteroatoms. The first kappa shape index (κ1) is 8.21. The molecule has 0 aliphatic heterocycles. The second-order valence-electron chi connectivity index (χ2n) is 2.38. The Morgan fingerprint density at radius 3 is 2.64 bits per heavy atom. The molecule has 2 N–H and O–H groups in total. The normalized spacial score (nSPS) is 13.0. The van der Waals surface area contributed by atoms with E-state index in [4.69, 9.17) is 5.73 Å². The minimum Gasteiger partial charge on any atom is -0.324 e. The average Bonchev–Trinajstić information content (AvgIpc) is 2.04. The van der Waals surface area contributed by atoms with Crippen LogP contribution in [0.2, 0.25) is 0 Å². The quantitative estimate of drug-likeness (QED) is 0.689. The van der Waals surface area contributed by atoms with Crippen LogP contribution in [-0.2, 0) is 0 Å². The molecule has 0 saturated heterocycles. The Morgan fingerprint density at radius 2 is 2.09 bits per heavy atom. The van der Waals surface area contributed by atoms with Crippen LogP contribution in [0, 0.1) is 12.2 Å². The van der Waals surface area contributed by atoms with Gasteiger partial charge in [0.1, 0.15) is 5.82 Å². The smallest absolute Gasteiger partial charge is 0.127 e. The van der Waals surface area contributed by atoms with E-state index in [0.29, 0.717) is 5.56 Å². The lowest BCUT2D eigenvalue weighted by Crippen LogP contribution is -2.10. The van der Waals surface area contributed by atoms with Crippen molar-refractivity contribution in [2.45, 2.75) is 13.0 Å². The SMILES string of the molecule is C[CH]C(N)c1ccccc1F. The van der Waals surface area contributed by atoms with Crippen LogP contribution in [0.3, 0.4) is 0 Å². The van der Waals surface area contributed by atoms with Gasteiger partial charge in [-0.3, -0.25) is 0 Å². The third-order valence-corrected chi connectivity index (χ3v) is 1.62. The number of benzene rings is 1. The fourth-order valence-electron chi connectivity index (χ4n) is 0.925. The van der Waals surface area contributed by atoms with Crippen LogP contribution in [0.1, 0.15) is 18.5 Å². The average molecular weight is 152 g/mol. The first-order valence-corrected chi connectivity index (χ1v) is 3.55. The molecule has 59 valence electrons. The van der Waals surface area contributed by atoms with Gasteiger partial charge in [-0.25, -0.2) is 4.39 Å². The molecule has 1 atom stereocenters. The van der Waals surface area contributed by atoms with Gasteiger partial charge in [0.15, 0.2) is 0 Å². The molecule has 1 nitrogen and oxygen atoms in total. The monoisotopic (exact) mass is 152 g/mol. The molecule has 0 fully saturated rings. The molecule has 0 amide bonds. The van der Waals surface area contributed by atoms with Crippen molar-refractivity contribution in [3.05, 3.63) is 42.1 Å². The van der Waals surface area contributed by atoms with E-state index < -0.39 is 0 Å². The number of halogens is 1. The van der Waals surface area contributed by atoms with Crippen molar-refractivity contribution in [3.8, 4) is 0 Å². The van der Waals surface area contributed by atoms with E-state index in [1.165, 1.54) is 6.07 Å². The zero-order valence-corrected chi connectivity index (χ0v) is 6.42. The standard InChI is InChI=1S/C9H11FN/c1-2-9(11)7-5-3-4-6-8(7)10/h2-6,9H,11H2,1H3. The van der Waals surface area contributed by atoms with E-state index in [9.17, 15) is 4.39 Å². The lowest BCUT2D eigenvalue weighted by Gasteiger charge is -2.08. The topological polar surface area (TPSA) is 26.0 Å². The Bertz CT molecular complexity index is 235. The fraction of sp³-hybridized carbons (Fsp3) is 0.222. The highest BCUT2D eigenvalue weighted by molar-refractivity contribution is 5.22. The Balaban J connectivity index is 2.93. The second kappa shape index (κ2) is 3.49. The molecule has 0 aromatic heterocycles. The van der Waals surface area contributed by atoms with Gasteiger partial charge in [-0.15, -0.1) is 0 Å². The summed E-state index contributed by atoms with van der Waals surface area (Å²) in [7, 11) is 0. The van der Waals surface area contributed by atoms with E-state index in [1.807, 2.05) is 6.92 Å². The predicted octanol–water partition coefficient (Wildman–Crippen LogP) is 2.05. The summed E-state index contributed by atoms with van der Waals surface area (Å²) in [5.74, 6) is -0.238. The molecule has 1 unspecified atom stereocenters. The largest absolute Gasteiger partial charge is 0.324 e. The summed E-state index contributed by atoms with van der Waals surface area (Å²) in [6.07, 6.45) is 1.76. The van der Waals surface area contributed by atoms with E-state index in [-0.39, 0.29) is 11.9 Å². The Morgan fingerprint density at radius 1 is 1.45 bits per heavy atom. The number of hydrogen-bond acceptors (Lipinski definition) is 1. The third-order valence-electron chi connectivity index (χ3n) is 1.62. The van der Waals surface area contributed by atoms with E-state index in [2.05, 4.69) is 0 Å². The van der Waals surface area contributed by atoms with Gasteiger partial charge in [0, 0.05) is 11.6 Å². The molecule has 1 aromatic rings. The minimum atomic E-state index is -0.295. The number of rotatable bonds is 2. The van der Waals surface area contributed by atoms with Gasteiger partial charge in [-0.1, -0.05) is 25.1 Å². The summed E-state index contributed by atoms with van der Waals surface area (Å²) in [6, 6.07) is 6.25. The summed E-state index contributed by atoms with van der Waals surface area (Å²) < 4.78 is 12.9. The highest BCUT2D eigenvalue weighted by Gasteiger charge is 2.07. The second-order valence-corrected chi connectivity index (χ2v) is 2.38. The molecule has 0 aliphatic carbocycles. The van der Waals surface area contributed by atoms with Gasteiger partial charge >= 0.3 is 0 Å². The van der Waals surface area contributed by atoms with Gasteiger partial charge < -0.3 is 5.73 Å². The summed E-state index contributed by atoms with van der Waals surface area (Å²) >= 11 is 0. The van der Waals surface area contributed by atoms with Crippen molar-refractivity contribution in [2.24, 2.45) is 5.73 Å². The van der Waals surface area contributed by atoms with Gasteiger partial charge in [0.05, 0.1) is 0 Å². The highest BCUT2D eigenvalue weighted by atomic mass is 19.1. The van der Waals surface area contributed by atoms with Crippen LogP contribution in [-0.4, -0.2) is 0 Å². The maximum absolute atomic E-state index is 12.9. The Labute approximate surface area is 66.0 Å². The van der Waals surface area contributed by atoms with Crippen LogP contribution in [0.4, 0.5) is 4.39 Å². The van der Waals surface area contributed by atoms with E-state index >= 15 is 0 Å². The van der Waals surface area contributed by atoms with Crippen LogP contribution in [0.25, 0.3) is 0 Å². The van der Waals surface area contributed by atoms with E-state index in [0.717, 1.165) is 0 Å². The lowest BCUT2D eigenvalue weighted by atomic mass is 10.1. The molecule has 1 radical (unpaired) electrons.